The van der Waals surface area contributed by atoms with Gasteiger partial charge in [0.1, 0.15) is 0 Å². The van der Waals surface area contributed by atoms with Crippen molar-refractivity contribution in [1.29, 1.82) is 0 Å². The summed E-state index contributed by atoms with van der Waals surface area (Å²) in [5, 5.41) is 0. The van der Waals surface area contributed by atoms with Crippen molar-refractivity contribution in [3.63, 3.8) is 0 Å². The van der Waals surface area contributed by atoms with Crippen LogP contribution in [0.2, 0.25) is 0 Å². The lowest BCUT2D eigenvalue weighted by molar-refractivity contribution is 0.184. The second-order valence-corrected chi connectivity index (χ2v) is 7.41. The van der Waals surface area contributed by atoms with E-state index in [2.05, 4.69) is 36.4 Å². The molecular weight excluding hydrogens is 248 g/mol. The van der Waals surface area contributed by atoms with Crippen LogP contribution in [0.1, 0.15) is 26.7 Å². The summed E-state index contributed by atoms with van der Waals surface area (Å²) in [6, 6.07) is 0. The van der Waals surface area contributed by atoms with Gasteiger partial charge in [-0.3, -0.25) is 0 Å². The second kappa shape index (κ2) is 7.73. The number of halogens is 1. The lowest BCUT2D eigenvalue weighted by Gasteiger charge is -2.25. The number of hydrogen-bond acceptors (Lipinski definition) is 2. The van der Waals surface area contributed by atoms with Crippen LogP contribution in [0.5, 0.6) is 0 Å². The monoisotopic (exact) mass is 266 g/mol. The molecule has 0 saturated carbocycles. The fraction of sp³-hybridized carbons (Fsp3) is 0.778. The summed E-state index contributed by atoms with van der Waals surface area (Å²) in [5.41, 5.74) is 1.85. The summed E-state index contributed by atoms with van der Waals surface area (Å²) in [5.74, 6) is 0. The predicted molar refractivity (Wildman–Crippen MR) is 62.2 cm³/mol. The van der Waals surface area contributed by atoms with E-state index in [-0.39, 0.29) is 0 Å². The van der Waals surface area contributed by atoms with E-state index >= 15 is 0 Å². The third-order valence-corrected chi connectivity index (χ3v) is 6.32. The van der Waals surface area contributed by atoms with E-state index in [9.17, 15) is 0 Å². The van der Waals surface area contributed by atoms with Gasteiger partial charge in [-0.05, 0) is 18.5 Å². The maximum Gasteiger partial charge on any atom is 0.375 e. The van der Waals surface area contributed by atoms with E-state index in [1.807, 2.05) is 5.70 Å². The number of alkyl halides is 1. The first-order valence-corrected chi connectivity index (χ1v) is 7.94. The maximum absolute atomic E-state index is 5.73. The van der Waals surface area contributed by atoms with Crippen LogP contribution in [0.15, 0.2) is 12.3 Å². The van der Waals surface area contributed by atoms with Crippen LogP contribution >= 0.6 is 15.9 Å². The first-order valence-electron chi connectivity index (χ1n) is 4.72. The Morgan fingerprint density at radius 2 is 1.69 bits per heavy atom. The Hall–Kier alpha value is 0.357. The SMILES string of the molecule is C=C[Si](CBr)(OCCC)OCCC. The molecule has 0 aromatic rings. The topological polar surface area (TPSA) is 18.5 Å². The second-order valence-electron chi connectivity index (χ2n) is 2.85. The van der Waals surface area contributed by atoms with Crippen LogP contribution in [0.3, 0.4) is 0 Å². The Morgan fingerprint density at radius 1 is 1.23 bits per heavy atom. The molecule has 2 nitrogen and oxygen atoms in total. The molecule has 0 unspecified atom stereocenters. The maximum atomic E-state index is 5.73. The van der Waals surface area contributed by atoms with Gasteiger partial charge >= 0.3 is 8.56 Å². The van der Waals surface area contributed by atoms with Crippen LogP contribution in [0, 0.1) is 0 Å². The molecule has 0 radical (unpaired) electrons. The van der Waals surface area contributed by atoms with Gasteiger partial charge in [-0.1, -0.05) is 29.8 Å². The summed E-state index contributed by atoms with van der Waals surface area (Å²) >= 11 is 3.43. The number of hydrogen-bond donors (Lipinski definition) is 0. The molecule has 0 atom stereocenters. The molecule has 0 aliphatic carbocycles. The molecule has 0 amide bonds. The van der Waals surface area contributed by atoms with Crippen LogP contribution in [-0.4, -0.2) is 26.7 Å². The molecule has 0 spiro atoms. The van der Waals surface area contributed by atoms with Gasteiger partial charge in [0.15, 0.2) is 0 Å². The summed E-state index contributed by atoms with van der Waals surface area (Å²) in [6.07, 6.45) is 2.04. The molecule has 78 valence electrons. The molecule has 13 heavy (non-hydrogen) atoms. The van der Waals surface area contributed by atoms with Gasteiger partial charge in [0.2, 0.25) is 0 Å². The quantitative estimate of drug-likeness (QED) is 0.497. The van der Waals surface area contributed by atoms with Crippen molar-refractivity contribution in [1.82, 2.24) is 0 Å². The summed E-state index contributed by atoms with van der Waals surface area (Å²) in [4.78, 5) is 0.767. The van der Waals surface area contributed by atoms with Crippen molar-refractivity contribution in [3.8, 4) is 0 Å². The van der Waals surface area contributed by atoms with Gasteiger partial charge in [-0.25, -0.2) is 0 Å². The van der Waals surface area contributed by atoms with E-state index in [1.165, 1.54) is 0 Å². The van der Waals surface area contributed by atoms with Gasteiger partial charge in [-0.2, -0.15) is 0 Å². The first kappa shape index (κ1) is 13.4. The smallest absolute Gasteiger partial charge is 0.375 e. The summed E-state index contributed by atoms with van der Waals surface area (Å²) < 4.78 is 11.5. The molecule has 0 saturated heterocycles. The lowest BCUT2D eigenvalue weighted by Crippen LogP contribution is -2.43. The average Bonchev–Trinajstić information content (AvgIpc) is 2.20. The molecule has 0 bridgehead atoms. The average molecular weight is 267 g/mol. The fourth-order valence-corrected chi connectivity index (χ4v) is 4.18. The highest BCUT2D eigenvalue weighted by Gasteiger charge is 2.32. The molecule has 0 aromatic heterocycles. The normalized spacial score (nSPS) is 11.6. The number of rotatable bonds is 8. The minimum atomic E-state index is -2.10. The van der Waals surface area contributed by atoms with Gasteiger partial charge in [-0.15, -0.1) is 6.58 Å². The zero-order valence-electron chi connectivity index (χ0n) is 8.51. The molecule has 0 N–H and O–H groups in total. The van der Waals surface area contributed by atoms with Gasteiger partial charge in [0, 0.05) is 13.2 Å². The Balaban J connectivity index is 4.04. The zero-order chi connectivity index (χ0) is 10.2. The highest BCUT2D eigenvalue weighted by atomic mass is 79.9. The van der Waals surface area contributed by atoms with Gasteiger partial charge in [0.05, 0.1) is 4.95 Å². The van der Waals surface area contributed by atoms with Crippen molar-refractivity contribution in [3.05, 3.63) is 12.3 Å². The van der Waals surface area contributed by atoms with Crippen molar-refractivity contribution in [2.24, 2.45) is 0 Å². The van der Waals surface area contributed by atoms with Crippen molar-refractivity contribution in [2.45, 2.75) is 26.7 Å². The summed E-state index contributed by atoms with van der Waals surface area (Å²) in [6.45, 7) is 9.49. The van der Waals surface area contributed by atoms with Crippen LogP contribution in [0.4, 0.5) is 0 Å². The molecule has 4 heteroatoms. The van der Waals surface area contributed by atoms with Crippen molar-refractivity contribution < 1.29 is 8.85 Å². The minimum absolute atomic E-state index is 0.757. The van der Waals surface area contributed by atoms with E-state index in [0.29, 0.717) is 0 Å². The largest absolute Gasteiger partial charge is 0.391 e. The molecule has 0 aliphatic rings. The molecule has 0 aliphatic heterocycles. The predicted octanol–water partition coefficient (Wildman–Crippen LogP) is 2.94. The van der Waals surface area contributed by atoms with E-state index in [1.54, 1.807) is 0 Å². The third kappa shape index (κ3) is 4.95. The van der Waals surface area contributed by atoms with Crippen LogP contribution in [-0.2, 0) is 8.85 Å². The van der Waals surface area contributed by atoms with Crippen molar-refractivity contribution in [2.75, 3.05) is 18.2 Å². The Morgan fingerprint density at radius 3 is 1.92 bits per heavy atom. The Labute approximate surface area is 90.7 Å². The van der Waals surface area contributed by atoms with Crippen molar-refractivity contribution >= 4 is 24.5 Å². The molecular formula is C9H19BrO2Si. The highest BCUT2D eigenvalue weighted by Crippen LogP contribution is 2.13. The van der Waals surface area contributed by atoms with Crippen LogP contribution in [0.25, 0.3) is 0 Å². The van der Waals surface area contributed by atoms with Gasteiger partial charge in [0.25, 0.3) is 0 Å². The molecule has 0 heterocycles. The Kier molecular flexibility index (Phi) is 7.94. The minimum Gasteiger partial charge on any atom is -0.391 e. The lowest BCUT2D eigenvalue weighted by atomic mass is 10.5. The van der Waals surface area contributed by atoms with Crippen LogP contribution < -0.4 is 0 Å². The van der Waals surface area contributed by atoms with E-state index in [4.69, 9.17) is 8.85 Å². The zero-order valence-corrected chi connectivity index (χ0v) is 11.1. The van der Waals surface area contributed by atoms with E-state index in [0.717, 1.165) is 31.0 Å². The third-order valence-electron chi connectivity index (χ3n) is 1.60. The first-order chi connectivity index (χ1) is 6.24. The molecule has 0 aromatic carbocycles. The highest BCUT2D eigenvalue weighted by molar-refractivity contribution is 9.09. The molecule has 0 rings (SSSR count). The van der Waals surface area contributed by atoms with E-state index < -0.39 is 8.56 Å². The Bertz CT molecular complexity index is 134. The molecule has 0 fully saturated rings. The van der Waals surface area contributed by atoms with Gasteiger partial charge < -0.3 is 8.85 Å². The summed E-state index contributed by atoms with van der Waals surface area (Å²) in [7, 11) is -2.10. The standard InChI is InChI=1S/C9H19BrO2Si/c1-4-7-11-13(6-3,9-10)12-8-5-2/h6H,3-5,7-9H2,1-2H3. The fourth-order valence-electron chi connectivity index (χ4n) is 0.841.